The molecule has 3 rings (SSSR count). The van der Waals surface area contributed by atoms with Gasteiger partial charge in [0.2, 0.25) is 5.91 Å². The van der Waals surface area contributed by atoms with Crippen LogP contribution in [0, 0.1) is 5.92 Å². The van der Waals surface area contributed by atoms with Crippen molar-refractivity contribution in [3.05, 3.63) is 24.3 Å². The summed E-state index contributed by atoms with van der Waals surface area (Å²) in [5.41, 5.74) is 0.610. The Morgan fingerprint density at radius 3 is 2.78 bits per heavy atom. The van der Waals surface area contributed by atoms with Gasteiger partial charge in [-0.05, 0) is 38.4 Å². The molecule has 1 aromatic rings. The molecule has 0 spiro atoms. The second-order valence-corrected chi connectivity index (χ2v) is 6.84. The van der Waals surface area contributed by atoms with Gasteiger partial charge in [-0.2, -0.15) is 0 Å². The van der Waals surface area contributed by atoms with E-state index in [0.29, 0.717) is 43.8 Å². The van der Waals surface area contributed by atoms with Crippen LogP contribution in [0.5, 0.6) is 5.75 Å². The third-order valence-corrected chi connectivity index (χ3v) is 4.85. The highest BCUT2D eigenvalue weighted by atomic mass is 35.5. The maximum Gasteiger partial charge on any atom is 0.260 e. The minimum atomic E-state index is -0.0680. The van der Waals surface area contributed by atoms with E-state index in [-0.39, 0.29) is 36.7 Å². The number of hydrogen-bond donors (Lipinski definition) is 2. The van der Waals surface area contributed by atoms with Crippen LogP contribution in [-0.2, 0) is 14.3 Å². The first kappa shape index (κ1) is 21.5. The maximum absolute atomic E-state index is 12.6. The lowest BCUT2D eigenvalue weighted by Crippen LogP contribution is -2.43. The second-order valence-electron chi connectivity index (χ2n) is 6.84. The average Bonchev–Trinajstić information content (AvgIpc) is 2.67. The van der Waals surface area contributed by atoms with Gasteiger partial charge in [-0.15, -0.1) is 12.4 Å². The van der Waals surface area contributed by atoms with Crippen molar-refractivity contribution in [2.45, 2.75) is 25.8 Å². The monoisotopic (exact) mass is 397 g/mol. The molecule has 2 atom stereocenters. The van der Waals surface area contributed by atoms with Crippen molar-refractivity contribution in [2.75, 3.05) is 44.8 Å². The van der Waals surface area contributed by atoms with E-state index in [1.54, 1.807) is 17.0 Å². The summed E-state index contributed by atoms with van der Waals surface area (Å²) in [6, 6.07) is 7.59. The molecule has 2 saturated heterocycles. The first-order chi connectivity index (χ1) is 12.6. The van der Waals surface area contributed by atoms with Crippen molar-refractivity contribution in [1.82, 2.24) is 10.2 Å². The number of amides is 2. The predicted molar refractivity (Wildman–Crippen MR) is 105 cm³/mol. The zero-order valence-electron chi connectivity index (χ0n) is 15.6. The van der Waals surface area contributed by atoms with Gasteiger partial charge in [0, 0.05) is 25.0 Å². The number of anilines is 1. The van der Waals surface area contributed by atoms with Crippen LogP contribution >= 0.6 is 12.4 Å². The Hall–Kier alpha value is -1.83. The summed E-state index contributed by atoms with van der Waals surface area (Å²) in [5.74, 6) is 0.453. The number of nitrogens with zero attached hydrogens (tertiary/aromatic N) is 1. The highest BCUT2D eigenvalue weighted by Gasteiger charge is 2.25. The molecule has 27 heavy (non-hydrogen) atoms. The number of benzene rings is 1. The van der Waals surface area contributed by atoms with Gasteiger partial charge < -0.3 is 25.0 Å². The Morgan fingerprint density at radius 2 is 2.04 bits per heavy atom. The van der Waals surface area contributed by atoms with E-state index >= 15 is 0 Å². The molecule has 8 heteroatoms. The first-order valence-corrected chi connectivity index (χ1v) is 9.25. The van der Waals surface area contributed by atoms with Gasteiger partial charge in [-0.25, -0.2) is 0 Å². The largest absolute Gasteiger partial charge is 0.482 e. The van der Waals surface area contributed by atoms with Crippen LogP contribution in [0.1, 0.15) is 19.8 Å². The van der Waals surface area contributed by atoms with Gasteiger partial charge >= 0.3 is 0 Å². The van der Waals surface area contributed by atoms with Crippen LogP contribution in [0.2, 0.25) is 0 Å². The van der Waals surface area contributed by atoms with E-state index in [1.165, 1.54) is 0 Å². The molecule has 150 valence electrons. The molecule has 0 saturated carbocycles. The summed E-state index contributed by atoms with van der Waals surface area (Å²) >= 11 is 0. The zero-order valence-corrected chi connectivity index (χ0v) is 16.4. The van der Waals surface area contributed by atoms with Crippen LogP contribution in [0.4, 0.5) is 5.69 Å². The van der Waals surface area contributed by atoms with Gasteiger partial charge in [-0.3, -0.25) is 9.59 Å². The molecule has 2 fully saturated rings. The third kappa shape index (κ3) is 6.09. The molecule has 2 aliphatic rings. The summed E-state index contributed by atoms with van der Waals surface area (Å²) < 4.78 is 11.0. The zero-order chi connectivity index (χ0) is 18.4. The molecular formula is C19H28ClN3O4. The fraction of sp³-hybridized carbons (Fsp3) is 0.579. The maximum atomic E-state index is 12.6. The van der Waals surface area contributed by atoms with E-state index in [4.69, 9.17) is 9.47 Å². The number of ether oxygens (including phenoxy) is 2. The smallest absolute Gasteiger partial charge is 0.260 e. The predicted octanol–water partition coefficient (Wildman–Crippen LogP) is 1.67. The van der Waals surface area contributed by atoms with Crippen molar-refractivity contribution < 1.29 is 19.1 Å². The molecule has 7 nitrogen and oxygen atoms in total. The number of hydrogen-bond acceptors (Lipinski definition) is 5. The molecule has 0 bridgehead atoms. The third-order valence-electron chi connectivity index (χ3n) is 4.85. The molecule has 2 aliphatic heterocycles. The number of carbonyl (C=O) groups excluding carboxylic acids is 2. The van der Waals surface area contributed by atoms with Crippen molar-refractivity contribution in [1.29, 1.82) is 0 Å². The Morgan fingerprint density at radius 1 is 1.30 bits per heavy atom. The second kappa shape index (κ2) is 10.5. The number of rotatable bonds is 5. The van der Waals surface area contributed by atoms with Gasteiger partial charge in [0.25, 0.3) is 5.91 Å². The summed E-state index contributed by atoms with van der Waals surface area (Å²) in [5, 5.41) is 6.32. The van der Waals surface area contributed by atoms with E-state index < -0.39 is 0 Å². The van der Waals surface area contributed by atoms with Crippen molar-refractivity contribution >= 4 is 29.9 Å². The van der Waals surface area contributed by atoms with Crippen LogP contribution in [0.3, 0.4) is 0 Å². The fourth-order valence-electron chi connectivity index (χ4n) is 3.34. The number of nitrogens with one attached hydrogen (secondary N) is 2. The summed E-state index contributed by atoms with van der Waals surface area (Å²) in [4.78, 5) is 26.5. The van der Waals surface area contributed by atoms with Gasteiger partial charge in [0.05, 0.1) is 18.9 Å². The summed E-state index contributed by atoms with van der Waals surface area (Å²) in [6.07, 6.45) is 1.65. The SMILES string of the molecule is C[C@H]1C[C@@H](C(=O)Nc2ccccc2OCC(=O)N2CCOCC2)CCN1.Cl. The van der Waals surface area contributed by atoms with E-state index in [0.717, 1.165) is 19.4 Å². The lowest BCUT2D eigenvalue weighted by atomic mass is 9.92. The van der Waals surface area contributed by atoms with Crippen LogP contribution in [0.15, 0.2) is 24.3 Å². The fourth-order valence-corrected chi connectivity index (χ4v) is 3.34. The lowest BCUT2D eigenvalue weighted by Gasteiger charge is -2.28. The normalized spacial score (nSPS) is 22.5. The Kier molecular flexibility index (Phi) is 8.34. The number of para-hydroxylation sites is 2. The van der Waals surface area contributed by atoms with Crippen molar-refractivity contribution in [3.63, 3.8) is 0 Å². The molecule has 1 aromatic carbocycles. The van der Waals surface area contributed by atoms with E-state index in [9.17, 15) is 9.59 Å². The minimum Gasteiger partial charge on any atom is -0.482 e. The molecular weight excluding hydrogens is 370 g/mol. The van der Waals surface area contributed by atoms with Crippen molar-refractivity contribution in [3.8, 4) is 5.75 Å². The molecule has 2 heterocycles. The number of piperidine rings is 1. The summed E-state index contributed by atoms with van der Waals surface area (Å²) in [7, 11) is 0. The average molecular weight is 398 g/mol. The number of morpholine rings is 1. The van der Waals surface area contributed by atoms with Crippen LogP contribution < -0.4 is 15.4 Å². The van der Waals surface area contributed by atoms with Crippen molar-refractivity contribution in [2.24, 2.45) is 5.92 Å². The minimum absolute atomic E-state index is 0. The van der Waals surface area contributed by atoms with Gasteiger partial charge in [-0.1, -0.05) is 12.1 Å². The topological polar surface area (TPSA) is 79.9 Å². The molecule has 2 amide bonds. The first-order valence-electron chi connectivity index (χ1n) is 9.25. The molecule has 0 unspecified atom stereocenters. The molecule has 0 aliphatic carbocycles. The van der Waals surface area contributed by atoms with Crippen LogP contribution in [0.25, 0.3) is 0 Å². The summed E-state index contributed by atoms with van der Waals surface area (Å²) in [6.45, 7) is 5.21. The van der Waals surface area contributed by atoms with Gasteiger partial charge in [0.15, 0.2) is 6.61 Å². The number of carbonyl (C=O) groups is 2. The van der Waals surface area contributed by atoms with Gasteiger partial charge in [0.1, 0.15) is 5.75 Å². The lowest BCUT2D eigenvalue weighted by molar-refractivity contribution is -0.137. The molecule has 0 aromatic heterocycles. The van der Waals surface area contributed by atoms with E-state index in [1.807, 2.05) is 12.1 Å². The Labute approximate surface area is 166 Å². The van der Waals surface area contributed by atoms with E-state index in [2.05, 4.69) is 17.6 Å². The Balaban J connectivity index is 0.00000261. The highest BCUT2D eigenvalue weighted by molar-refractivity contribution is 5.94. The van der Waals surface area contributed by atoms with Crippen LogP contribution in [-0.4, -0.2) is 62.2 Å². The molecule has 0 radical (unpaired) electrons. The standard InChI is InChI=1S/C19H27N3O4.ClH/c1-14-12-15(6-7-20-14)19(24)21-16-4-2-3-5-17(16)26-13-18(23)22-8-10-25-11-9-22;/h2-5,14-15,20H,6-13H2,1H3,(H,21,24);1H/t14-,15-;/m0./s1. The molecule has 2 N–H and O–H groups in total. The quantitative estimate of drug-likeness (QED) is 0.790. The highest BCUT2D eigenvalue weighted by Crippen LogP contribution is 2.26. The Bertz CT molecular complexity index is 637. The number of halogens is 1.